The van der Waals surface area contributed by atoms with E-state index in [0.29, 0.717) is 24.7 Å². The molecule has 9 heteroatoms. The molecule has 1 saturated heterocycles. The zero-order valence-corrected chi connectivity index (χ0v) is 15.7. The zero-order valence-electron chi connectivity index (χ0n) is 14.9. The summed E-state index contributed by atoms with van der Waals surface area (Å²) in [5.74, 6) is 0.492. The molecule has 1 aromatic heterocycles. The van der Waals surface area contributed by atoms with Gasteiger partial charge in [-0.05, 0) is 44.8 Å². The average molecular weight is 372 g/mol. The predicted molar refractivity (Wildman–Crippen MR) is 95.0 cm³/mol. The highest BCUT2D eigenvalue weighted by Gasteiger charge is 2.25. The van der Waals surface area contributed by atoms with Crippen molar-refractivity contribution in [2.75, 3.05) is 46.9 Å². The summed E-state index contributed by atoms with van der Waals surface area (Å²) in [6.45, 7) is 2.89. The molecule has 8 nitrogen and oxygen atoms in total. The molecular formula is C16H28N4O4S. The number of hydrogen-bond acceptors (Lipinski definition) is 5. The van der Waals surface area contributed by atoms with E-state index in [1.165, 1.54) is 19.4 Å². The second-order valence-corrected chi connectivity index (χ2v) is 8.03. The monoisotopic (exact) mass is 372 g/mol. The number of aromatic nitrogens is 1. The molecule has 0 radical (unpaired) electrons. The van der Waals surface area contributed by atoms with Crippen LogP contribution in [0.4, 0.5) is 0 Å². The first-order valence-electron chi connectivity index (χ1n) is 8.59. The van der Waals surface area contributed by atoms with Crippen molar-refractivity contribution in [3.05, 3.63) is 18.0 Å². The van der Waals surface area contributed by atoms with Gasteiger partial charge in [0.15, 0.2) is 0 Å². The number of carbonyl (C=O) groups is 1. The van der Waals surface area contributed by atoms with Crippen LogP contribution in [-0.4, -0.2) is 71.2 Å². The number of aromatic amines is 1. The summed E-state index contributed by atoms with van der Waals surface area (Å²) in [5, 5.41) is 3.15. The summed E-state index contributed by atoms with van der Waals surface area (Å²) in [5.41, 5.74) is 0.306. The molecule has 1 aromatic rings. The minimum Gasteiger partial charge on any atom is -0.383 e. The van der Waals surface area contributed by atoms with Gasteiger partial charge in [-0.3, -0.25) is 4.79 Å². The lowest BCUT2D eigenvalue weighted by Crippen LogP contribution is -2.39. The molecule has 2 rings (SSSR count). The van der Waals surface area contributed by atoms with Crippen molar-refractivity contribution in [2.45, 2.75) is 24.2 Å². The fourth-order valence-electron chi connectivity index (χ4n) is 2.96. The standard InChI is InChI=1S/C16H28N4O4S/c1-17-6-3-13-4-8-20(9-5-13)16(21)15-11-14(12-18-15)25(22,23)19-7-10-24-2/h11-13,17-19H,3-10H2,1-2H3. The highest BCUT2D eigenvalue weighted by Crippen LogP contribution is 2.22. The Morgan fingerprint density at radius 2 is 2.08 bits per heavy atom. The Morgan fingerprint density at radius 3 is 2.72 bits per heavy atom. The number of likely N-dealkylation sites (tertiary alicyclic amines) is 1. The van der Waals surface area contributed by atoms with Crippen LogP contribution >= 0.6 is 0 Å². The summed E-state index contributed by atoms with van der Waals surface area (Å²) >= 11 is 0. The molecule has 0 aliphatic carbocycles. The number of methoxy groups -OCH3 is 1. The second-order valence-electron chi connectivity index (χ2n) is 6.27. The molecule has 0 bridgehead atoms. The Balaban J connectivity index is 1.92. The summed E-state index contributed by atoms with van der Waals surface area (Å²) in [6.07, 6.45) is 4.44. The van der Waals surface area contributed by atoms with Crippen LogP contribution in [0, 0.1) is 5.92 Å². The van der Waals surface area contributed by atoms with Gasteiger partial charge in [0.25, 0.3) is 5.91 Å². The van der Waals surface area contributed by atoms with Crippen LogP contribution < -0.4 is 10.0 Å². The van der Waals surface area contributed by atoms with Crippen LogP contribution in [0.25, 0.3) is 0 Å². The van der Waals surface area contributed by atoms with Crippen LogP contribution in [0.5, 0.6) is 0 Å². The van der Waals surface area contributed by atoms with Crippen molar-refractivity contribution in [1.82, 2.24) is 19.9 Å². The minimum atomic E-state index is -3.63. The number of rotatable bonds is 9. The van der Waals surface area contributed by atoms with Crippen molar-refractivity contribution in [1.29, 1.82) is 0 Å². The number of nitrogens with one attached hydrogen (secondary N) is 3. The lowest BCUT2D eigenvalue weighted by molar-refractivity contribution is 0.0682. The Morgan fingerprint density at radius 1 is 1.36 bits per heavy atom. The predicted octanol–water partition coefficient (Wildman–Crippen LogP) is 0.401. The lowest BCUT2D eigenvalue weighted by atomic mass is 9.93. The number of hydrogen-bond donors (Lipinski definition) is 3. The van der Waals surface area contributed by atoms with Gasteiger partial charge in [0.05, 0.1) is 6.61 Å². The van der Waals surface area contributed by atoms with Crippen molar-refractivity contribution >= 4 is 15.9 Å². The van der Waals surface area contributed by atoms with Gasteiger partial charge < -0.3 is 19.9 Å². The molecule has 0 unspecified atom stereocenters. The third-order valence-corrected chi connectivity index (χ3v) is 5.94. The molecule has 2 heterocycles. The average Bonchev–Trinajstić information content (AvgIpc) is 3.11. The third-order valence-electron chi connectivity index (χ3n) is 4.50. The normalized spacial score (nSPS) is 16.3. The van der Waals surface area contributed by atoms with Crippen LogP contribution in [0.2, 0.25) is 0 Å². The fraction of sp³-hybridized carbons (Fsp3) is 0.688. The Labute approximate surface area is 149 Å². The molecule has 1 aliphatic rings. The first-order valence-corrected chi connectivity index (χ1v) is 10.1. The Hall–Kier alpha value is -1.42. The second kappa shape index (κ2) is 9.33. The number of H-pyrrole nitrogens is 1. The van der Waals surface area contributed by atoms with Crippen LogP contribution in [-0.2, 0) is 14.8 Å². The largest absolute Gasteiger partial charge is 0.383 e. The van der Waals surface area contributed by atoms with Crippen LogP contribution in [0.15, 0.2) is 17.2 Å². The summed E-state index contributed by atoms with van der Waals surface area (Å²) in [4.78, 5) is 17.2. The van der Waals surface area contributed by atoms with E-state index in [1.54, 1.807) is 4.90 Å². The van der Waals surface area contributed by atoms with E-state index in [1.807, 2.05) is 7.05 Å². The fourth-order valence-corrected chi connectivity index (χ4v) is 3.96. The van der Waals surface area contributed by atoms with E-state index in [4.69, 9.17) is 4.74 Å². The third kappa shape index (κ3) is 5.53. The SMILES string of the molecule is CNCCC1CCN(C(=O)c2cc(S(=O)(=O)NCCOC)c[nH]2)CC1. The first kappa shape index (κ1) is 19.9. The number of sulfonamides is 1. The number of ether oxygens (including phenoxy) is 1. The molecule has 0 saturated carbocycles. The number of carbonyl (C=O) groups excluding carboxylic acids is 1. The Kier molecular flexibility index (Phi) is 7.42. The number of amides is 1. The summed E-state index contributed by atoms with van der Waals surface area (Å²) in [7, 11) is -0.187. The van der Waals surface area contributed by atoms with Crippen LogP contribution in [0.1, 0.15) is 29.8 Å². The van der Waals surface area contributed by atoms with Gasteiger partial charge in [-0.2, -0.15) is 0 Å². The lowest BCUT2D eigenvalue weighted by Gasteiger charge is -2.31. The van der Waals surface area contributed by atoms with E-state index < -0.39 is 10.0 Å². The van der Waals surface area contributed by atoms with E-state index in [9.17, 15) is 13.2 Å². The van der Waals surface area contributed by atoms with Gasteiger partial charge in [0, 0.05) is 32.9 Å². The van der Waals surface area contributed by atoms with E-state index in [0.717, 1.165) is 25.8 Å². The zero-order chi connectivity index (χ0) is 18.3. The highest BCUT2D eigenvalue weighted by molar-refractivity contribution is 7.89. The molecular weight excluding hydrogens is 344 g/mol. The molecule has 1 fully saturated rings. The molecule has 0 aromatic carbocycles. The minimum absolute atomic E-state index is 0.0656. The smallest absolute Gasteiger partial charge is 0.270 e. The maximum absolute atomic E-state index is 12.6. The number of piperidine rings is 1. The van der Waals surface area contributed by atoms with Crippen molar-refractivity contribution in [2.24, 2.45) is 5.92 Å². The van der Waals surface area contributed by atoms with Crippen molar-refractivity contribution < 1.29 is 17.9 Å². The molecule has 1 aliphatic heterocycles. The van der Waals surface area contributed by atoms with Gasteiger partial charge in [0.1, 0.15) is 10.6 Å². The molecule has 142 valence electrons. The summed E-state index contributed by atoms with van der Waals surface area (Å²) in [6, 6.07) is 1.39. The summed E-state index contributed by atoms with van der Waals surface area (Å²) < 4.78 is 31.5. The topological polar surface area (TPSA) is 104 Å². The van der Waals surface area contributed by atoms with Crippen molar-refractivity contribution in [3.63, 3.8) is 0 Å². The molecule has 0 spiro atoms. The van der Waals surface area contributed by atoms with Gasteiger partial charge in [-0.15, -0.1) is 0 Å². The van der Waals surface area contributed by atoms with Gasteiger partial charge >= 0.3 is 0 Å². The van der Waals surface area contributed by atoms with Gasteiger partial charge in [-0.1, -0.05) is 0 Å². The first-order chi connectivity index (χ1) is 12.0. The van der Waals surface area contributed by atoms with E-state index in [2.05, 4.69) is 15.0 Å². The maximum Gasteiger partial charge on any atom is 0.270 e. The number of nitrogens with zero attached hydrogens (tertiary/aromatic N) is 1. The van der Waals surface area contributed by atoms with E-state index >= 15 is 0 Å². The van der Waals surface area contributed by atoms with E-state index in [-0.39, 0.29) is 24.0 Å². The quantitative estimate of drug-likeness (QED) is 0.545. The van der Waals surface area contributed by atoms with Crippen LogP contribution in [0.3, 0.4) is 0 Å². The van der Waals surface area contributed by atoms with Crippen molar-refractivity contribution in [3.8, 4) is 0 Å². The molecule has 25 heavy (non-hydrogen) atoms. The Bertz CT molecular complexity index is 651. The molecule has 1 amide bonds. The van der Waals surface area contributed by atoms with Gasteiger partial charge in [0.2, 0.25) is 10.0 Å². The maximum atomic E-state index is 12.6. The molecule has 3 N–H and O–H groups in total. The van der Waals surface area contributed by atoms with Gasteiger partial charge in [-0.25, -0.2) is 13.1 Å². The highest BCUT2D eigenvalue weighted by atomic mass is 32.2. The molecule has 0 atom stereocenters.